The molecule has 0 bridgehead atoms. The van der Waals surface area contributed by atoms with Crippen LogP contribution in [0.15, 0.2) is 28.7 Å². The highest BCUT2D eigenvalue weighted by atomic mass is 79.9. The number of hydrogen-bond acceptors (Lipinski definition) is 2. The van der Waals surface area contributed by atoms with Gasteiger partial charge >= 0.3 is 5.97 Å². The van der Waals surface area contributed by atoms with E-state index in [0.29, 0.717) is 5.92 Å². The summed E-state index contributed by atoms with van der Waals surface area (Å²) >= 11 is 3.45. The Labute approximate surface area is 128 Å². The minimum atomic E-state index is -0.920. The lowest BCUT2D eigenvalue weighted by atomic mass is 9.88. The molecule has 1 fully saturated rings. The first-order chi connectivity index (χ1) is 9.47. The summed E-state index contributed by atoms with van der Waals surface area (Å²) < 4.78 is 0.963. The minimum Gasteiger partial charge on any atom is -0.478 e. The number of piperidine rings is 1. The summed E-state index contributed by atoms with van der Waals surface area (Å²) in [5.41, 5.74) is 2.06. The van der Waals surface area contributed by atoms with Crippen molar-refractivity contribution < 1.29 is 9.90 Å². The van der Waals surface area contributed by atoms with Gasteiger partial charge in [0.1, 0.15) is 0 Å². The molecular weight excluding hydrogens is 318 g/mol. The van der Waals surface area contributed by atoms with E-state index in [1.165, 1.54) is 12.5 Å². The van der Waals surface area contributed by atoms with E-state index in [0.717, 1.165) is 34.7 Å². The maximum absolute atomic E-state index is 10.7. The van der Waals surface area contributed by atoms with Crippen LogP contribution in [0.1, 0.15) is 25.8 Å². The van der Waals surface area contributed by atoms with Gasteiger partial charge in [0.25, 0.3) is 0 Å². The monoisotopic (exact) mass is 337 g/mol. The van der Waals surface area contributed by atoms with Crippen LogP contribution in [0, 0.1) is 11.8 Å². The number of rotatable bonds is 3. The molecule has 1 aromatic rings. The Kier molecular flexibility index (Phi) is 4.86. The van der Waals surface area contributed by atoms with Crippen molar-refractivity contribution in [3.05, 3.63) is 34.3 Å². The number of halogens is 1. The van der Waals surface area contributed by atoms with Gasteiger partial charge in [0.05, 0.1) is 0 Å². The zero-order chi connectivity index (χ0) is 14.7. The maximum atomic E-state index is 10.7. The first-order valence-electron chi connectivity index (χ1n) is 6.93. The van der Waals surface area contributed by atoms with Gasteiger partial charge in [-0.05, 0) is 48.1 Å². The molecule has 2 atom stereocenters. The summed E-state index contributed by atoms with van der Waals surface area (Å²) in [6.07, 6.45) is 4.05. The molecule has 1 aliphatic heterocycles. The zero-order valence-corrected chi connectivity index (χ0v) is 13.4. The third kappa shape index (κ3) is 3.63. The highest BCUT2D eigenvalue weighted by Gasteiger charge is 2.23. The molecule has 0 aliphatic carbocycles. The first-order valence-corrected chi connectivity index (χ1v) is 7.72. The van der Waals surface area contributed by atoms with Gasteiger partial charge < -0.3 is 10.0 Å². The van der Waals surface area contributed by atoms with Gasteiger partial charge in [0, 0.05) is 29.3 Å². The molecule has 1 N–H and O–H groups in total. The molecule has 1 heterocycles. The number of anilines is 1. The van der Waals surface area contributed by atoms with E-state index < -0.39 is 5.97 Å². The van der Waals surface area contributed by atoms with Gasteiger partial charge in [-0.25, -0.2) is 4.79 Å². The minimum absolute atomic E-state index is 0.656. The molecule has 0 radical (unpaired) electrons. The molecule has 2 rings (SSSR count). The second-order valence-electron chi connectivity index (χ2n) is 5.56. The van der Waals surface area contributed by atoms with Crippen molar-refractivity contribution in [3.63, 3.8) is 0 Å². The number of benzene rings is 1. The fraction of sp³-hybridized carbons (Fsp3) is 0.438. The Morgan fingerprint density at radius 2 is 2.15 bits per heavy atom. The van der Waals surface area contributed by atoms with Crippen molar-refractivity contribution in [2.75, 3.05) is 18.0 Å². The zero-order valence-electron chi connectivity index (χ0n) is 11.8. The van der Waals surface area contributed by atoms with Crippen molar-refractivity contribution in [2.45, 2.75) is 20.3 Å². The molecule has 0 aromatic heterocycles. The van der Waals surface area contributed by atoms with Crippen molar-refractivity contribution in [1.82, 2.24) is 0 Å². The van der Waals surface area contributed by atoms with Gasteiger partial charge in [-0.1, -0.05) is 29.8 Å². The SMILES string of the molecule is CC1CCN(c2ccc(Br)cc2/C=C/C(=O)O)CC1C. The van der Waals surface area contributed by atoms with Crippen LogP contribution < -0.4 is 4.90 Å². The van der Waals surface area contributed by atoms with E-state index in [1.54, 1.807) is 6.08 Å². The standard InChI is InChI=1S/C16H20BrNO2/c1-11-7-8-18(10-12(11)2)15-5-4-14(17)9-13(15)3-6-16(19)20/h3-6,9,11-12H,7-8,10H2,1-2H3,(H,19,20)/b6-3+. The molecule has 3 nitrogen and oxygen atoms in total. The predicted octanol–water partition coefficient (Wildman–Crippen LogP) is 4.03. The number of carbonyl (C=O) groups is 1. The van der Waals surface area contributed by atoms with E-state index in [9.17, 15) is 4.79 Å². The molecule has 20 heavy (non-hydrogen) atoms. The smallest absolute Gasteiger partial charge is 0.328 e. The number of carboxylic acids is 1. The van der Waals surface area contributed by atoms with Crippen LogP contribution >= 0.6 is 15.9 Å². The lowest BCUT2D eigenvalue weighted by Crippen LogP contribution is -2.38. The number of carboxylic acid groups (broad SMARTS) is 1. The second kappa shape index (κ2) is 6.44. The highest BCUT2D eigenvalue weighted by Crippen LogP contribution is 2.31. The van der Waals surface area contributed by atoms with Gasteiger partial charge in [-0.15, -0.1) is 0 Å². The van der Waals surface area contributed by atoms with Crippen molar-refractivity contribution >= 4 is 33.7 Å². The summed E-state index contributed by atoms with van der Waals surface area (Å²) in [7, 11) is 0. The van der Waals surface area contributed by atoms with Crippen molar-refractivity contribution in [1.29, 1.82) is 0 Å². The quantitative estimate of drug-likeness (QED) is 0.846. The fourth-order valence-corrected chi connectivity index (χ4v) is 2.97. The van der Waals surface area contributed by atoms with Gasteiger partial charge in [-0.2, -0.15) is 0 Å². The van der Waals surface area contributed by atoms with Crippen molar-refractivity contribution in [2.24, 2.45) is 11.8 Å². The van der Waals surface area contributed by atoms with E-state index in [1.807, 2.05) is 12.1 Å². The fourth-order valence-electron chi connectivity index (χ4n) is 2.59. The van der Waals surface area contributed by atoms with Crippen LogP contribution in [0.4, 0.5) is 5.69 Å². The summed E-state index contributed by atoms with van der Waals surface area (Å²) in [5.74, 6) is 0.486. The van der Waals surface area contributed by atoms with E-state index in [2.05, 4.69) is 40.7 Å². The van der Waals surface area contributed by atoms with Crippen LogP contribution in [0.3, 0.4) is 0 Å². The third-order valence-corrected chi connectivity index (χ3v) is 4.56. The van der Waals surface area contributed by atoms with Crippen LogP contribution in [-0.2, 0) is 4.79 Å². The van der Waals surface area contributed by atoms with E-state index >= 15 is 0 Å². The van der Waals surface area contributed by atoms with Gasteiger partial charge in [-0.3, -0.25) is 0 Å². The van der Waals surface area contributed by atoms with E-state index in [4.69, 9.17) is 5.11 Å². The predicted molar refractivity (Wildman–Crippen MR) is 86.0 cm³/mol. The third-order valence-electron chi connectivity index (χ3n) is 4.07. The van der Waals surface area contributed by atoms with Gasteiger partial charge in [0.2, 0.25) is 0 Å². The number of aliphatic carboxylic acids is 1. The Morgan fingerprint density at radius 3 is 2.80 bits per heavy atom. The molecule has 4 heteroatoms. The molecular formula is C16H20BrNO2. The van der Waals surface area contributed by atoms with Crippen LogP contribution in [0.5, 0.6) is 0 Å². The number of hydrogen-bond donors (Lipinski definition) is 1. The lowest BCUT2D eigenvalue weighted by Gasteiger charge is -2.37. The lowest BCUT2D eigenvalue weighted by molar-refractivity contribution is -0.131. The molecule has 1 aromatic carbocycles. The molecule has 0 saturated carbocycles. The highest BCUT2D eigenvalue weighted by molar-refractivity contribution is 9.10. The average Bonchev–Trinajstić information content (AvgIpc) is 2.40. The molecule has 1 aliphatic rings. The molecule has 2 unspecified atom stereocenters. The van der Waals surface area contributed by atoms with Crippen molar-refractivity contribution in [3.8, 4) is 0 Å². The Bertz CT molecular complexity index is 527. The van der Waals surface area contributed by atoms with E-state index in [-0.39, 0.29) is 0 Å². The van der Waals surface area contributed by atoms with Gasteiger partial charge in [0.15, 0.2) is 0 Å². The topological polar surface area (TPSA) is 40.5 Å². The Hall–Kier alpha value is -1.29. The summed E-state index contributed by atoms with van der Waals surface area (Å²) in [6.45, 7) is 6.63. The normalized spacial score (nSPS) is 23.2. The van der Waals surface area contributed by atoms with Crippen LogP contribution in [0.2, 0.25) is 0 Å². The Balaban J connectivity index is 2.29. The summed E-state index contributed by atoms with van der Waals surface area (Å²) in [6, 6.07) is 6.04. The maximum Gasteiger partial charge on any atom is 0.328 e. The average molecular weight is 338 g/mol. The summed E-state index contributed by atoms with van der Waals surface area (Å²) in [5, 5.41) is 8.81. The number of nitrogens with zero attached hydrogens (tertiary/aromatic N) is 1. The molecule has 0 spiro atoms. The van der Waals surface area contributed by atoms with Crippen LogP contribution in [0.25, 0.3) is 6.08 Å². The Morgan fingerprint density at radius 1 is 1.40 bits per heavy atom. The molecule has 0 amide bonds. The van der Waals surface area contributed by atoms with Crippen LogP contribution in [-0.4, -0.2) is 24.2 Å². The molecule has 108 valence electrons. The second-order valence-corrected chi connectivity index (χ2v) is 6.48. The largest absolute Gasteiger partial charge is 0.478 e. The first kappa shape index (κ1) is 15.1. The summed E-state index contributed by atoms with van der Waals surface area (Å²) in [4.78, 5) is 13.1. The molecule has 1 saturated heterocycles.